The molecule has 1 aromatic heterocycles. The number of aromatic nitrogens is 1. The van der Waals surface area contributed by atoms with Crippen molar-refractivity contribution in [3.8, 4) is 16.3 Å². The predicted octanol–water partition coefficient (Wildman–Crippen LogP) is 8.11. The van der Waals surface area contributed by atoms with Gasteiger partial charge < -0.3 is 9.84 Å². The first-order valence-electron chi connectivity index (χ1n) is 14.5. The highest BCUT2D eigenvalue weighted by Gasteiger charge is 2.28. The molecule has 218 valence electrons. The highest BCUT2D eigenvalue weighted by molar-refractivity contribution is 7.94. The summed E-state index contributed by atoms with van der Waals surface area (Å²) in [7, 11) is -2.59. The van der Waals surface area contributed by atoms with Crippen LogP contribution in [0, 0.1) is 17.8 Å². The fourth-order valence-electron chi connectivity index (χ4n) is 6.35. The number of carbonyl (C=O) groups is 1. The summed E-state index contributed by atoms with van der Waals surface area (Å²) in [6.07, 6.45) is 15.7. The molecule has 0 aliphatic heterocycles. The number of carboxylic acid groups (broad SMARTS) is 1. The molecule has 2 aliphatic carbocycles. The topological polar surface area (TPSA) is 106 Å². The normalized spacial score (nSPS) is 21.2. The van der Waals surface area contributed by atoms with Crippen LogP contribution in [0.25, 0.3) is 16.1 Å². The lowest BCUT2D eigenvalue weighted by Gasteiger charge is -2.35. The second-order valence-electron chi connectivity index (χ2n) is 11.2. The highest BCUT2D eigenvalue weighted by Crippen LogP contribution is 2.42. The van der Waals surface area contributed by atoms with Gasteiger partial charge in [-0.1, -0.05) is 62.9 Å². The molecule has 0 saturated heterocycles. The first kappa shape index (κ1) is 29.3. The maximum absolute atomic E-state index is 13.1. The number of anilines is 1. The SMILES string of the molecule is CCCC1CCC(C2CC=C(c3ccc(-c4ncc(S(=O)(=O)Nc5ccc(C(=O)O)cc5OC)s4)cc3)CC2)CC1. The van der Waals surface area contributed by atoms with Crippen molar-refractivity contribution >= 4 is 38.6 Å². The van der Waals surface area contributed by atoms with Crippen molar-refractivity contribution in [3.63, 3.8) is 0 Å². The van der Waals surface area contributed by atoms with Crippen LogP contribution in [0.3, 0.4) is 0 Å². The highest BCUT2D eigenvalue weighted by atomic mass is 32.2. The minimum Gasteiger partial charge on any atom is -0.495 e. The molecule has 2 N–H and O–H groups in total. The zero-order valence-corrected chi connectivity index (χ0v) is 25.3. The van der Waals surface area contributed by atoms with Crippen LogP contribution < -0.4 is 9.46 Å². The van der Waals surface area contributed by atoms with Crippen LogP contribution in [0.4, 0.5) is 5.69 Å². The second kappa shape index (κ2) is 12.8. The van der Waals surface area contributed by atoms with Crippen molar-refractivity contribution in [1.82, 2.24) is 4.98 Å². The molecule has 7 nitrogen and oxygen atoms in total. The fraction of sp³-hybridized carbons (Fsp3) is 0.438. The van der Waals surface area contributed by atoms with Gasteiger partial charge in [0.2, 0.25) is 0 Å². The number of thiazole rings is 1. The Balaban J connectivity index is 1.22. The van der Waals surface area contributed by atoms with Crippen LogP contribution in [0.15, 0.2) is 58.9 Å². The lowest BCUT2D eigenvalue weighted by molar-refractivity contribution is 0.0696. The summed E-state index contributed by atoms with van der Waals surface area (Å²) in [5.74, 6) is 1.66. The predicted molar refractivity (Wildman–Crippen MR) is 164 cm³/mol. The van der Waals surface area contributed by atoms with Gasteiger partial charge in [-0.25, -0.2) is 18.2 Å². The first-order chi connectivity index (χ1) is 19.8. The van der Waals surface area contributed by atoms with Gasteiger partial charge in [-0.2, -0.15) is 0 Å². The molecule has 0 amide bonds. The maximum Gasteiger partial charge on any atom is 0.335 e. The van der Waals surface area contributed by atoms with Gasteiger partial charge in [0.1, 0.15) is 10.8 Å². The zero-order chi connectivity index (χ0) is 29.0. The molecule has 1 unspecified atom stereocenters. The van der Waals surface area contributed by atoms with E-state index in [4.69, 9.17) is 4.74 Å². The summed E-state index contributed by atoms with van der Waals surface area (Å²) in [4.78, 5) is 15.6. The molecular weight excluding hydrogens is 556 g/mol. The number of sulfonamides is 1. The minimum atomic E-state index is -3.94. The monoisotopic (exact) mass is 594 g/mol. The zero-order valence-electron chi connectivity index (χ0n) is 23.6. The second-order valence-corrected chi connectivity index (χ2v) is 14.2. The quantitative estimate of drug-likeness (QED) is 0.246. The van der Waals surface area contributed by atoms with Gasteiger partial charge in [0.15, 0.2) is 4.21 Å². The summed E-state index contributed by atoms with van der Waals surface area (Å²) in [5.41, 5.74) is 3.65. The van der Waals surface area contributed by atoms with Crippen molar-refractivity contribution in [2.24, 2.45) is 17.8 Å². The van der Waals surface area contributed by atoms with Crippen molar-refractivity contribution in [3.05, 3.63) is 65.9 Å². The van der Waals surface area contributed by atoms with E-state index in [0.29, 0.717) is 5.01 Å². The summed E-state index contributed by atoms with van der Waals surface area (Å²) >= 11 is 1.08. The van der Waals surface area contributed by atoms with E-state index in [1.807, 2.05) is 12.1 Å². The Morgan fingerprint density at radius 3 is 2.41 bits per heavy atom. The number of hydrogen-bond donors (Lipinski definition) is 2. The lowest BCUT2D eigenvalue weighted by Crippen LogP contribution is -2.23. The third kappa shape index (κ3) is 6.84. The van der Waals surface area contributed by atoms with Crippen LogP contribution in [0.5, 0.6) is 5.75 Å². The Morgan fingerprint density at radius 2 is 1.78 bits per heavy atom. The number of rotatable bonds is 10. The molecule has 3 aromatic rings. The van der Waals surface area contributed by atoms with E-state index in [1.165, 1.54) is 94.0 Å². The lowest BCUT2D eigenvalue weighted by atomic mass is 9.70. The number of aromatic carboxylic acids is 1. The number of hydrogen-bond acceptors (Lipinski definition) is 6. The average Bonchev–Trinajstić information content (AvgIpc) is 3.50. The molecule has 41 heavy (non-hydrogen) atoms. The van der Waals surface area contributed by atoms with Crippen molar-refractivity contribution in [2.45, 2.75) is 68.9 Å². The van der Waals surface area contributed by atoms with E-state index >= 15 is 0 Å². The largest absolute Gasteiger partial charge is 0.495 e. The minimum absolute atomic E-state index is 0.00171. The molecule has 1 atom stereocenters. The van der Waals surface area contributed by atoms with Crippen LogP contribution >= 0.6 is 11.3 Å². The Hall–Kier alpha value is -3.17. The summed E-state index contributed by atoms with van der Waals surface area (Å²) < 4.78 is 33.9. The Labute approximate surface area is 246 Å². The van der Waals surface area contributed by atoms with Gasteiger partial charge >= 0.3 is 5.97 Å². The van der Waals surface area contributed by atoms with E-state index < -0.39 is 16.0 Å². The third-order valence-corrected chi connectivity index (χ3v) is 11.5. The molecule has 0 radical (unpaired) electrons. The first-order valence-corrected chi connectivity index (χ1v) is 16.8. The number of carboxylic acids is 1. The molecule has 2 aromatic carbocycles. The summed E-state index contributed by atoms with van der Waals surface area (Å²) in [6, 6.07) is 12.2. The van der Waals surface area contributed by atoms with Crippen LogP contribution in [0.1, 0.15) is 80.6 Å². The summed E-state index contributed by atoms with van der Waals surface area (Å²) in [5, 5.41) is 9.80. The molecular formula is C32H38N2O5S2. The number of allylic oxidation sites excluding steroid dienone is 2. The van der Waals surface area contributed by atoms with Gasteiger partial charge in [-0.05, 0) is 79.2 Å². The van der Waals surface area contributed by atoms with Crippen molar-refractivity contribution in [2.75, 3.05) is 11.8 Å². The molecule has 9 heteroatoms. The maximum atomic E-state index is 13.1. The van der Waals surface area contributed by atoms with Crippen molar-refractivity contribution in [1.29, 1.82) is 0 Å². The van der Waals surface area contributed by atoms with E-state index in [0.717, 1.165) is 41.1 Å². The number of nitrogens with zero attached hydrogens (tertiary/aromatic N) is 1. The van der Waals surface area contributed by atoms with Gasteiger partial charge in [-0.3, -0.25) is 4.72 Å². The standard InChI is InChI=1S/C32H38N2O5S2/c1-3-4-21-5-7-22(8-6-21)23-9-11-24(12-10-23)25-13-15-26(16-14-25)31-33-20-30(40-31)41(37,38)34-28-18-17-27(32(35)36)19-29(28)39-2/h11,13-23,34H,3-10,12H2,1-2H3,(H,35,36). The number of benzene rings is 2. The van der Waals surface area contributed by atoms with E-state index in [9.17, 15) is 18.3 Å². The summed E-state index contributed by atoms with van der Waals surface area (Å²) in [6.45, 7) is 2.30. The Morgan fingerprint density at radius 1 is 1.05 bits per heavy atom. The third-order valence-electron chi connectivity index (χ3n) is 8.65. The molecule has 0 spiro atoms. The van der Waals surface area contributed by atoms with Gasteiger partial charge in [0.05, 0.1) is 24.6 Å². The average molecular weight is 595 g/mol. The van der Waals surface area contributed by atoms with Crippen molar-refractivity contribution < 1.29 is 23.1 Å². The van der Waals surface area contributed by atoms with E-state index in [1.54, 1.807) is 0 Å². The molecule has 1 saturated carbocycles. The Kier molecular flexibility index (Phi) is 9.14. The molecule has 0 bridgehead atoms. The van der Waals surface area contributed by atoms with Gasteiger partial charge in [-0.15, -0.1) is 11.3 Å². The number of nitrogens with one attached hydrogen (secondary N) is 1. The fourth-order valence-corrected chi connectivity index (χ4v) is 8.56. The van der Waals surface area contributed by atoms with Gasteiger partial charge in [0, 0.05) is 5.56 Å². The van der Waals surface area contributed by atoms with Crippen LogP contribution in [-0.2, 0) is 10.0 Å². The molecule has 1 fully saturated rings. The Bertz CT molecular complexity index is 1500. The molecule has 1 heterocycles. The van der Waals surface area contributed by atoms with Crippen LogP contribution in [-0.4, -0.2) is 31.6 Å². The van der Waals surface area contributed by atoms with Gasteiger partial charge in [0.25, 0.3) is 10.0 Å². The number of ether oxygens (including phenoxy) is 1. The van der Waals surface area contributed by atoms with Crippen LogP contribution in [0.2, 0.25) is 0 Å². The van der Waals surface area contributed by atoms with E-state index in [2.05, 4.69) is 34.8 Å². The van der Waals surface area contributed by atoms with E-state index in [-0.39, 0.29) is 21.2 Å². The molecule has 5 rings (SSSR count). The number of methoxy groups -OCH3 is 1. The molecule has 2 aliphatic rings. The smallest absolute Gasteiger partial charge is 0.335 e.